The van der Waals surface area contributed by atoms with Crippen LogP contribution in [-0.2, 0) is 19.6 Å². The molecule has 1 N–H and O–H groups in total. The normalized spacial score (nSPS) is 23.6. The Morgan fingerprint density at radius 3 is 2.30 bits per heavy atom. The summed E-state index contributed by atoms with van der Waals surface area (Å²) in [6, 6.07) is 0. The van der Waals surface area contributed by atoms with Gasteiger partial charge < -0.3 is 10.0 Å². The van der Waals surface area contributed by atoms with Crippen LogP contribution in [-0.4, -0.2) is 67.5 Å². The van der Waals surface area contributed by atoms with E-state index in [4.69, 9.17) is 0 Å². The lowest BCUT2D eigenvalue weighted by Gasteiger charge is -2.29. The molecule has 1 saturated heterocycles. The second kappa shape index (κ2) is 5.69. The summed E-state index contributed by atoms with van der Waals surface area (Å²) in [6.45, 7) is 3.87. The summed E-state index contributed by atoms with van der Waals surface area (Å²) in [5.74, 6) is -1.36. The lowest BCUT2D eigenvalue weighted by molar-refractivity contribution is -0.151. The summed E-state index contributed by atoms with van der Waals surface area (Å²) in [7, 11) is -2.09. The van der Waals surface area contributed by atoms with Crippen LogP contribution in [0.3, 0.4) is 0 Å². The largest absolute Gasteiger partial charge is 0.481 e. The summed E-state index contributed by atoms with van der Waals surface area (Å²) in [5.41, 5.74) is -0.931. The number of sulfonamides is 1. The van der Waals surface area contributed by atoms with Crippen LogP contribution in [0, 0.1) is 11.3 Å². The van der Waals surface area contributed by atoms with Crippen LogP contribution in [0.2, 0.25) is 0 Å². The zero-order valence-corrected chi connectivity index (χ0v) is 13.1. The quantitative estimate of drug-likeness (QED) is 0.761. The molecule has 0 aliphatic carbocycles. The molecule has 1 aliphatic rings. The van der Waals surface area contributed by atoms with Gasteiger partial charge in [0.15, 0.2) is 0 Å². The number of nitrogens with zero attached hydrogens (tertiary/aromatic N) is 2. The summed E-state index contributed by atoms with van der Waals surface area (Å²) in [5, 5.41) is 9.40. The predicted octanol–water partition coefficient (Wildman–Crippen LogP) is -0.163. The van der Waals surface area contributed by atoms with Crippen LogP contribution >= 0.6 is 0 Å². The second-order valence-electron chi connectivity index (χ2n) is 5.70. The minimum absolute atomic E-state index is 0.0922. The molecule has 1 heterocycles. The molecule has 20 heavy (non-hydrogen) atoms. The first-order valence-corrected chi connectivity index (χ1v) is 8.28. The number of hydrogen-bond acceptors (Lipinski definition) is 4. The van der Waals surface area contributed by atoms with Crippen LogP contribution in [0.5, 0.6) is 0 Å². The van der Waals surface area contributed by atoms with Crippen molar-refractivity contribution < 1.29 is 23.1 Å². The van der Waals surface area contributed by atoms with Crippen molar-refractivity contribution in [2.24, 2.45) is 11.3 Å². The van der Waals surface area contributed by atoms with Crippen LogP contribution < -0.4 is 0 Å². The third-order valence-corrected chi connectivity index (χ3v) is 5.37. The Morgan fingerprint density at radius 1 is 1.40 bits per heavy atom. The molecule has 0 aromatic heterocycles. The molecule has 0 bridgehead atoms. The van der Waals surface area contributed by atoms with Gasteiger partial charge in [-0.2, -0.15) is 4.31 Å². The van der Waals surface area contributed by atoms with Gasteiger partial charge >= 0.3 is 5.97 Å². The number of carbonyl (C=O) groups is 2. The molecule has 1 rings (SSSR count). The summed E-state index contributed by atoms with van der Waals surface area (Å²) in [4.78, 5) is 25.0. The highest BCUT2D eigenvalue weighted by Crippen LogP contribution is 2.38. The van der Waals surface area contributed by atoms with Gasteiger partial charge in [0.1, 0.15) is 0 Å². The molecule has 7 nitrogen and oxygen atoms in total. The van der Waals surface area contributed by atoms with Gasteiger partial charge in [0.05, 0.1) is 18.2 Å². The summed E-state index contributed by atoms with van der Waals surface area (Å²) >= 11 is 0. The van der Waals surface area contributed by atoms with E-state index in [1.165, 1.54) is 11.9 Å². The molecule has 0 spiro atoms. The molecule has 0 saturated carbocycles. The Morgan fingerprint density at radius 2 is 1.95 bits per heavy atom. The lowest BCUT2D eigenvalue weighted by Crippen LogP contribution is -2.43. The number of rotatable bonds is 5. The molecule has 8 heteroatoms. The second-order valence-corrected chi connectivity index (χ2v) is 7.79. The topological polar surface area (TPSA) is 95.0 Å². The number of carbonyl (C=O) groups excluding carboxylic acids is 1. The van der Waals surface area contributed by atoms with Crippen molar-refractivity contribution in [2.45, 2.75) is 20.3 Å². The zero-order chi connectivity index (χ0) is 15.7. The van der Waals surface area contributed by atoms with E-state index in [1.54, 1.807) is 0 Å². The Balaban J connectivity index is 2.77. The van der Waals surface area contributed by atoms with Gasteiger partial charge in [0.25, 0.3) is 0 Å². The van der Waals surface area contributed by atoms with E-state index in [0.717, 1.165) is 10.6 Å². The number of likely N-dealkylation sites (tertiary alicyclic amines) is 1. The van der Waals surface area contributed by atoms with E-state index in [0.29, 0.717) is 13.0 Å². The molecule has 116 valence electrons. The van der Waals surface area contributed by atoms with Crippen molar-refractivity contribution in [3.8, 4) is 0 Å². The van der Waals surface area contributed by atoms with Crippen LogP contribution in [0.15, 0.2) is 0 Å². The first-order valence-electron chi connectivity index (χ1n) is 6.43. The zero-order valence-electron chi connectivity index (χ0n) is 12.3. The van der Waals surface area contributed by atoms with Crippen LogP contribution in [0.4, 0.5) is 0 Å². The molecule has 1 aliphatic heterocycles. The molecule has 0 aromatic rings. The van der Waals surface area contributed by atoms with E-state index in [9.17, 15) is 23.1 Å². The van der Waals surface area contributed by atoms with Crippen molar-refractivity contribution >= 4 is 21.9 Å². The Kier molecular flexibility index (Phi) is 4.81. The van der Waals surface area contributed by atoms with Crippen molar-refractivity contribution in [2.75, 3.05) is 32.9 Å². The number of hydrogen-bond donors (Lipinski definition) is 1. The van der Waals surface area contributed by atoms with E-state index in [-0.39, 0.29) is 24.9 Å². The molecule has 1 amide bonds. The molecule has 1 unspecified atom stereocenters. The number of carboxylic acid groups (broad SMARTS) is 1. The van der Waals surface area contributed by atoms with Crippen molar-refractivity contribution in [3.05, 3.63) is 0 Å². The minimum atomic E-state index is -3.42. The van der Waals surface area contributed by atoms with Gasteiger partial charge in [0.2, 0.25) is 15.9 Å². The minimum Gasteiger partial charge on any atom is -0.481 e. The standard InChI is InChI=1S/C12H22N2O5S/c1-9(2)12(11(16)17)5-6-14(8-12)10(15)7-13(3)20(4,18)19/h9H,5-8H2,1-4H3,(H,16,17). The Bertz CT molecular complexity index is 502. The molecule has 1 atom stereocenters. The SMILES string of the molecule is CC(C)C1(C(=O)O)CCN(C(=O)CN(C)S(C)(=O)=O)C1. The number of amides is 1. The summed E-state index contributed by atoms with van der Waals surface area (Å²) in [6.07, 6.45) is 1.42. The van der Waals surface area contributed by atoms with Crippen LogP contribution in [0.1, 0.15) is 20.3 Å². The lowest BCUT2D eigenvalue weighted by atomic mass is 9.76. The third-order valence-electron chi connectivity index (χ3n) is 4.11. The molecule has 0 aromatic carbocycles. The molecule has 0 radical (unpaired) electrons. The highest BCUT2D eigenvalue weighted by Gasteiger charge is 2.48. The summed E-state index contributed by atoms with van der Waals surface area (Å²) < 4.78 is 23.5. The van der Waals surface area contributed by atoms with Gasteiger partial charge in [-0.05, 0) is 12.3 Å². The highest BCUT2D eigenvalue weighted by molar-refractivity contribution is 7.88. The maximum atomic E-state index is 12.1. The average molecular weight is 306 g/mol. The number of aliphatic carboxylic acids is 1. The smallest absolute Gasteiger partial charge is 0.311 e. The maximum Gasteiger partial charge on any atom is 0.311 e. The third kappa shape index (κ3) is 3.29. The van der Waals surface area contributed by atoms with Gasteiger partial charge in [-0.1, -0.05) is 13.8 Å². The first kappa shape index (κ1) is 16.9. The van der Waals surface area contributed by atoms with E-state index >= 15 is 0 Å². The monoisotopic (exact) mass is 306 g/mol. The first-order chi connectivity index (χ1) is 9.00. The average Bonchev–Trinajstić information content (AvgIpc) is 2.73. The fourth-order valence-electron chi connectivity index (χ4n) is 2.35. The molecule has 1 fully saturated rings. The van der Waals surface area contributed by atoms with Crippen molar-refractivity contribution in [3.63, 3.8) is 0 Å². The Hall–Kier alpha value is -1.15. The van der Waals surface area contributed by atoms with Gasteiger partial charge in [0, 0.05) is 20.1 Å². The predicted molar refractivity (Wildman–Crippen MR) is 73.6 cm³/mol. The molecular weight excluding hydrogens is 284 g/mol. The van der Waals surface area contributed by atoms with Crippen LogP contribution in [0.25, 0.3) is 0 Å². The maximum absolute atomic E-state index is 12.1. The number of carboxylic acids is 1. The van der Waals surface area contributed by atoms with E-state index in [1.807, 2.05) is 13.8 Å². The van der Waals surface area contributed by atoms with Crippen molar-refractivity contribution in [1.29, 1.82) is 0 Å². The number of likely N-dealkylation sites (N-methyl/N-ethyl adjacent to an activating group) is 1. The molecular formula is C12H22N2O5S. The highest BCUT2D eigenvalue weighted by atomic mass is 32.2. The van der Waals surface area contributed by atoms with Crippen molar-refractivity contribution in [1.82, 2.24) is 9.21 Å². The fourth-order valence-corrected chi connectivity index (χ4v) is 2.69. The fraction of sp³-hybridized carbons (Fsp3) is 0.833. The van der Waals surface area contributed by atoms with E-state index in [2.05, 4.69) is 0 Å². The van der Waals surface area contributed by atoms with E-state index < -0.39 is 21.4 Å². The van der Waals surface area contributed by atoms with Gasteiger partial charge in [-0.15, -0.1) is 0 Å². The Labute approximate surface area is 119 Å². The van der Waals surface area contributed by atoms with Gasteiger partial charge in [-0.25, -0.2) is 8.42 Å². The van der Waals surface area contributed by atoms with Gasteiger partial charge in [-0.3, -0.25) is 9.59 Å².